The van der Waals surface area contributed by atoms with Gasteiger partial charge in [-0.1, -0.05) is 108 Å². The Bertz CT molecular complexity index is 2190. The highest BCUT2D eigenvalue weighted by atomic mass is 16.4. The third kappa shape index (κ3) is 20.4. The number of rotatable bonds is 29. The predicted octanol–water partition coefficient (Wildman–Crippen LogP) is 2.09. The number of amides is 7. The lowest BCUT2D eigenvalue weighted by Crippen LogP contribution is -2.62. The molecule has 2 aromatic carbocycles. The molecule has 0 saturated carbocycles. The smallest absolute Gasteiger partial charge is 0.305 e. The van der Waals surface area contributed by atoms with Gasteiger partial charge in [0.05, 0.1) is 12.5 Å². The summed E-state index contributed by atoms with van der Waals surface area (Å²) in [6.45, 7) is 14.0. The van der Waals surface area contributed by atoms with Gasteiger partial charge in [0.25, 0.3) is 5.91 Å². The highest BCUT2D eigenvalue weighted by Gasteiger charge is 2.39. The second-order valence-corrected chi connectivity index (χ2v) is 18.6. The average molecular weight is 964 g/mol. The Balaban J connectivity index is 2.45. The number of benzene rings is 2. The van der Waals surface area contributed by atoms with Crippen molar-refractivity contribution in [3.63, 3.8) is 0 Å². The average Bonchev–Trinajstić information content (AvgIpc) is 3.26. The molecular weight excluding hydrogens is 895 g/mol. The number of aryl methyl sites for hydroxylation is 2. The van der Waals surface area contributed by atoms with Crippen molar-refractivity contribution < 1.29 is 63.0 Å². The van der Waals surface area contributed by atoms with Crippen molar-refractivity contribution in [1.82, 2.24) is 31.9 Å². The minimum atomic E-state index is -1.77. The van der Waals surface area contributed by atoms with Crippen LogP contribution >= 0.6 is 0 Å². The number of ketones is 2. The van der Waals surface area contributed by atoms with Gasteiger partial charge in [0.1, 0.15) is 30.2 Å². The number of unbranched alkanes of at least 4 members (excludes halogenated alkanes) is 1. The standard InChI is InChI=1S/C49H69N7O13/c1-9-10-15-32(41(63)43(50)64)52-45(66)34(24-27(2)3)55-48(69)42(49(6,7)8)56-47(68)35(25-31-14-12-11-13-29(31)5)54-44(65)33(20-23-39(59)60)53-46(67)36(26-40(61)62)51-38(58)22-21-37(57)30-18-16-28(4)17-19-30/h11-14,16-19,27,32-36,42H,9-10,15,20-26H2,1-8H3,(H2,50,64)(H,51,58)(H,52,66)(H,53,67)(H,54,65)(H,55,69)(H,56,68)(H,59,60)(H,61,62)/t32?,33-,34-,35-,36-,42+/m0/s1. The summed E-state index contributed by atoms with van der Waals surface area (Å²) >= 11 is 0. The zero-order valence-corrected chi connectivity index (χ0v) is 40.7. The molecule has 7 amide bonds. The van der Waals surface area contributed by atoms with Gasteiger partial charge in [-0.15, -0.1) is 0 Å². The van der Waals surface area contributed by atoms with Crippen LogP contribution in [0.4, 0.5) is 0 Å². The maximum absolute atomic E-state index is 14.4. The van der Waals surface area contributed by atoms with Crippen LogP contribution in [0.15, 0.2) is 48.5 Å². The second kappa shape index (κ2) is 27.7. The largest absolute Gasteiger partial charge is 0.481 e. The summed E-state index contributed by atoms with van der Waals surface area (Å²) in [5, 5.41) is 34.3. The summed E-state index contributed by atoms with van der Waals surface area (Å²) < 4.78 is 0. The molecule has 0 heterocycles. The SMILES string of the molecule is CCCCC(NC(=O)[C@H](CC(C)C)NC(=O)[C@@H](NC(=O)[C@H](Cc1ccccc1C)NC(=O)[C@H](CCC(=O)O)NC(=O)[C@H](CC(=O)O)NC(=O)CCC(=O)c1ccc(C)cc1)C(C)(C)C)C(=O)C(N)=O. The highest BCUT2D eigenvalue weighted by Crippen LogP contribution is 2.21. The fourth-order valence-corrected chi connectivity index (χ4v) is 7.11. The van der Waals surface area contributed by atoms with Crippen molar-refractivity contribution in [2.75, 3.05) is 0 Å². The number of carbonyl (C=O) groups is 11. The predicted molar refractivity (Wildman–Crippen MR) is 253 cm³/mol. The van der Waals surface area contributed by atoms with Gasteiger partial charge in [0.2, 0.25) is 41.2 Å². The number of Topliss-reactive ketones (excluding diaryl/α,β-unsaturated/α-hetero) is 2. The molecule has 0 spiro atoms. The first-order chi connectivity index (χ1) is 32.2. The number of primary amides is 1. The molecule has 0 aliphatic carbocycles. The minimum absolute atomic E-state index is 0.0910. The Kier molecular flexibility index (Phi) is 23.4. The van der Waals surface area contributed by atoms with Gasteiger partial charge in [-0.2, -0.15) is 0 Å². The van der Waals surface area contributed by atoms with Gasteiger partial charge in [-0.3, -0.25) is 52.7 Å². The monoisotopic (exact) mass is 963 g/mol. The molecule has 20 nitrogen and oxygen atoms in total. The zero-order chi connectivity index (χ0) is 52.2. The second-order valence-electron chi connectivity index (χ2n) is 18.6. The first-order valence-corrected chi connectivity index (χ1v) is 23.0. The third-order valence-electron chi connectivity index (χ3n) is 11.1. The number of nitrogens with one attached hydrogen (secondary N) is 6. The summed E-state index contributed by atoms with van der Waals surface area (Å²) in [5.41, 5.74) is 6.76. The lowest BCUT2D eigenvalue weighted by Gasteiger charge is -2.34. The summed E-state index contributed by atoms with van der Waals surface area (Å²) in [7, 11) is 0. The molecule has 1 unspecified atom stereocenters. The summed E-state index contributed by atoms with van der Waals surface area (Å²) in [5.74, 6) is -11.2. The van der Waals surface area contributed by atoms with Crippen LogP contribution in [-0.2, 0) is 54.4 Å². The lowest BCUT2D eigenvalue weighted by molar-refractivity contribution is -0.141. The van der Waals surface area contributed by atoms with E-state index in [1.165, 1.54) is 0 Å². The molecule has 0 radical (unpaired) electrons. The fourth-order valence-electron chi connectivity index (χ4n) is 7.11. The lowest BCUT2D eigenvalue weighted by atomic mass is 9.85. The van der Waals surface area contributed by atoms with Crippen LogP contribution in [0.5, 0.6) is 0 Å². The van der Waals surface area contributed by atoms with E-state index in [0.29, 0.717) is 29.5 Å². The van der Waals surface area contributed by atoms with E-state index in [4.69, 9.17) is 5.73 Å². The van der Waals surface area contributed by atoms with E-state index < -0.39 is 126 Å². The van der Waals surface area contributed by atoms with Crippen molar-refractivity contribution in [3.8, 4) is 0 Å². The number of carbonyl (C=O) groups excluding carboxylic acids is 9. The van der Waals surface area contributed by atoms with Crippen molar-refractivity contribution in [2.45, 2.75) is 156 Å². The van der Waals surface area contributed by atoms with Gasteiger partial charge in [0, 0.05) is 31.2 Å². The van der Waals surface area contributed by atoms with Crippen molar-refractivity contribution in [1.29, 1.82) is 0 Å². The zero-order valence-electron chi connectivity index (χ0n) is 40.7. The first-order valence-electron chi connectivity index (χ1n) is 23.0. The number of hydrogen-bond donors (Lipinski definition) is 9. The fraction of sp³-hybridized carbons (Fsp3) is 0.531. The summed E-state index contributed by atoms with van der Waals surface area (Å²) in [6.07, 6.45) is -1.66. The quantitative estimate of drug-likeness (QED) is 0.0417. The van der Waals surface area contributed by atoms with Crippen LogP contribution in [0, 0.1) is 25.2 Å². The van der Waals surface area contributed by atoms with E-state index in [0.717, 1.165) is 5.56 Å². The van der Waals surface area contributed by atoms with E-state index in [1.807, 2.05) is 13.8 Å². The van der Waals surface area contributed by atoms with Crippen molar-refractivity contribution >= 4 is 64.9 Å². The van der Waals surface area contributed by atoms with Crippen LogP contribution < -0.4 is 37.6 Å². The summed E-state index contributed by atoms with van der Waals surface area (Å²) in [6, 6.07) is 4.71. The molecule has 0 saturated heterocycles. The number of nitrogens with two attached hydrogens (primary N) is 1. The number of hydrogen-bond acceptors (Lipinski definition) is 11. The molecule has 0 fully saturated rings. The Labute approximate surface area is 402 Å². The van der Waals surface area contributed by atoms with Crippen LogP contribution in [0.1, 0.15) is 126 Å². The molecule has 20 heteroatoms. The van der Waals surface area contributed by atoms with Crippen molar-refractivity contribution in [3.05, 3.63) is 70.8 Å². The van der Waals surface area contributed by atoms with Crippen LogP contribution in [0.25, 0.3) is 0 Å². The maximum Gasteiger partial charge on any atom is 0.305 e. The molecule has 378 valence electrons. The number of aliphatic carboxylic acids is 2. The maximum atomic E-state index is 14.4. The first kappa shape index (κ1) is 58.1. The third-order valence-corrected chi connectivity index (χ3v) is 11.1. The molecule has 2 rings (SSSR count). The highest BCUT2D eigenvalue weighted by molar-refractivity contribution is 6.37. The molecule has 0 bridgehead atoms. The van der Waals surface area contributed by atoms with E-state index >= 15 is 0 Å². The minimum Gasteiger partial charge on any atom is -0.481 e. The van der Waals surface area contributed by atoms with Crippen LogP contribution in [0.2, 0.25) is 0 Å². The Morgan fingerprint density at radius 2 is 1.16 bits per heavy atom. The molecule has 0 aliphatic rings. The molecular formula is C49H69N7O13. The normalized spacial score (nSPS) is 13.8. The molecule has 10 N–H and O–H groups in total. The van der Waals surface area contributed by atoms with E-state index in [1.54, 1.807) is 90.1 Å². The van der Waals surface area contributed by atoms with Gasteiger partial charge in [-0.25, -0.2) is 0 Å². The molecule has 0 aromatic heterocycles. The van der Waals surface area contributed by atoms with Gasteiger partial charge >= 0.3 is 11.9 Å². The number of carboxylic acids is 2. The van der Waals surface area contributed by atoms with Crippen LogP contribution in [0.3, 0.4) is 0 Å². The Hall–Kier alpha value is -6.99. The Morgan fingerprint density at radius 1 is 0.609 bits per heavy atom. The van der Waals surface area contributed by atoms with E-state index in [2.05, 4.69) is 31.9 Å². The van der Waals surface area contributed by atoms with Gasteiger partial charge in [-0.05, 0) is 55.6 Å². The summed E-state index contributed by atoms with van der Waals surface area (Å²) in [4.78, 5) is 144. The molecule has 2 aromatic rings. The topological polar surface area (TPSA) is 326 Å². The molecule has 69 heavy (non-hydrogen) atoms. The van der Waals surface area contributed by atoms with Crippen molar-refractivity contribution in [2.24, 2.45) is 17.1 Å². The Morgan fingerprint density at radius 3 is 1.71 bits per heavy atom. The number of carboxylic acid groups (broad SMARTS) is 2. The van der Waals surface area contributed by atoms with Gasteiger partial charge < -0.3 is 47.8 Å². The molecule has 6 atom stereocenters. The van der Waals surface area contributed by atoms with Gasteiger partial charge in [0.15, 0.2) is 5.78 Å². The van der Waals surface area contributed by atoms with E-state index in [-0.39, 0.29) is 37.4 Å². The molecule has 0 aliphatic heterocycles. The van der Waals surface area contributed by atoms with Crippen LogP contribution in [-0.4, -0.2) is 111 Å². The van der Waals surface area contributed by atoms with E-state index in [9.17, 15) is 63.0 Å².